The van der Waals surface area contributed by atoms with E-state index in [0.29, 0.717) is 13.0 Å². The lowest BCUT2D eigenvalue weighted by Gasteiger charge is -2.32. The van der Waals surface area contributed by atoms with Gasteiger partial charge in [-0.1, -0.05) is 30.3 Å². The molecular formula is C17H26N2O3S. The van der Waals surface area contributed by atoms with E-state index in [4.69, 9.17) is 0 Å². The van der Waals surface area contributed by atoms with E-state index < -0.39 is 10.0 Å². The third kappa shape index (κ3) is 5.32. The zero-order chi connectivity index (χ0) is 17.1. The maximum Gasteiger partial charge on any atom is 0.224 e. The number of aryl methyl sites for hydroxylation is 1. The number of carbonyl (C=O) groups is 1. The standard InChI is InChI=1S/C17H26N2O3S/c1-17(2,3)19-13-15(12-16(19)20)18-23(21,22)11-7-10-14-8-5-4-6-9-14/h4-6,8-9,15,18H,7,10-13H2,1-3H3. The van der Waals surface area contributed by atoms with Gasteiger partial charge in [0.2, 0.25) is 15.9 Å². The summed E-state index contributed by atoms with van der Waals surface area (Å²) in [7, 11) is -3.36. The molecule has 1 atom stereocenters. The highest BCUT2D eigenvalue weighted by Gasteiger charge is 2.37. The van der Waals surface area contributed by atoms with Crippen molar-refractivity contribution in [3.63, 3.8) is 0 Å². The zero-order valence-corrected chi connectivity index (χ0v) is 14.9. The minimum absolute atomic E-state index is 0.00878. The molecule has 0 spiro atoms. The second-order valence-corrected chi connectivity index (χ2v) is 8.98. The van der Waals surface area contributed by atoms with Crippen molar-refractivity contribution in [2.24, 2.45) is 0 Å². The number of amides is 1. The number of rotatable bonds is 6. The van der Waals surface area contributed by atoms with Crippen LogP contribution in [0.15, 0.2) is 30.3 Å². The fourth-order valence-corrected chi connectivity index (χ4v) is 4.17. The number of hydrogen-bond donors (Lipinski definition) is 1. The van der Waals surface area contributed by atoms with Gasteiger partial charge in [0.05, 0.1) is 5.75 Å². The van der Waals surface area contributed by atoms with Crippen molar-refractivity contribution in [2.45, 2.75) is 51.6 Å². The van der Waals surface area contributed by atoms with Gasteiger partial charge in [-0.05, 0) is 39.2 Å². The van der Waals surface area contributed by atoms with Gasteiger partial charge in [0.25, 0.3) is 0 Å². The van der Waals surface area contributed by atoms with Crippen molar-refractivity contribution in [1.82, 2.24) is 9.62 Å². The van der Waals surface area contributed by atoms with Crippen LogP contribution in [0.3, 0.4) is 0 Å². The van der Waals surface area contributed by atoms with Gasteiger partial charge in [0.1, 0.15) is 0 Å². The summed E-state index contributed by atoms with van der Waals surface area (Å²) in [4.78, 5) is 13.7. The molecule has 0 aromatic heterocycles. The molecule has 1 unspecified atom stereocenters. The van der Waals surface area contributed by atoms with Crippen molar-refractivity contribution >= 4 is 15.9 Å². The summed E-state index contributed by atoms with van der Waals surface area (Å²) in [5.41, 5.74) is 0.863. The summed E-state index contributed by atoms with van der Waals surface area (Å²) in [5, 5.41) is 0. The Hall–Kier alpha value is -1.40. The molecule has 1 saturated heterocycles. The lowest BCUT2D eigenvalue weighted by Crippen LogP contribution is -2.44. The Labute approximate surface area is 139 Å². The fraction of sp³-hybridized carbons (Fsp3) is 0.588. The molecule has 5 nitrogen and oxygen atoms in total. The van der Waals surface area contributed by atoms with Crippen LogP contribution < -0.4 is 4.72 Å². The first-order chi connectivity index (χ1) is 10.7. The predicted molar refractivity (Wildman–Crippen MR) is 91.6 cm³/mol. The smallest absolute Gasteiger partial charge is 0.224 e. The highest BCUT2D eigenvalue weighted by atomic mass is 32.2. The molecule has 1 aliphatic rings. The van der Waals surface area contributed by atoms with Crippen LogP contribution in [0.1, 0.15) is 39.2 Å². The van der Waals surface area contributed by atoms with E-state index in [9.17, 15) is 13.2 Å². The maximum absolute atomic E-state index is 12.2. The van der Waals surface area contributed by atoms with Gasteiger partial charge in [-0.3, -0.25) is 4.79 Å². The molecule has 1 heterocycles. The number of nitrogens with zero attached hydrogens (tertiary/aromatic N) is 1. The Morgan fingerprint density at radius 1 is 1.22 bits per heavy atom. The number of benzene rings is 1. The van der Waals surface area contributed by atoms with Crippen LogP contribution in [0.4, 0.5) is 0 Å². The van der Waals surface area contributed by atoms with E-state index in [1.807, 2.05) is 51.1 Å². The zero-order valence-electron chi connectivity index (χ0n) is 14.1. The number of nitrogens with one attached hydrogen (secondary N) is 1. The molecule has 1 fully saturated rings. The van der Waals surface area contributed by atoms with Crippen LogP contribution >= 0.6 is 0 Å². The first kappa shape index (κ1) is 17.9. The summed E-state index contributed by atoms with van der Waals surface area (Å²) in [6, 6.07) is 9.53. The molecule has 1 aromatic carbocycles. The van der Waals surface area contributed by atoms with E-state index in [1.54, 1.807) is 4.90 Å². The highest BCUT2D eigenvalue weighted by molar-refractivity contribution is 7.89. The van der Waals surface area contributed by atoms with E-state index in [1.165, 1.54) is 0 Å². The van der Waals surface area contributed by atoms with Crippen LogP contribution in [0.2, 0.25) is 0 Å². The number of hydrogen-bond acceptors (Lipinski definition) is 3. The van der Waals surface area contributed by atoms with Crippen molar-refractivity contribution in [3.05, 3.63) is 35.9 Å². The first-order valence-electron chi connectivity index (χ1n) is 8.02. The molecule has 128 valence electrons. The lowest BCUT2D eigenvalue weighted by atomic mass is 10.1. The van der Waals surface area contributed by atoms with Crippen LogP contribution in [0.25, 0.3) is 0 Å². The summed E-state index contributed by atoms with van der Waals surface area (Å²) < 4.78 is 27.1. The van der Waals surface area contributed by atoms with E-state index in [-0.39, 0.29) is 29.7 Å². The monoisotopic (exact) mass is 338 g/mol. The van der Waals surface area contributed by atoms with Gasteiger partial charge < -0.3 is 4.90 Å². The van der Waals surface area contributed by atoms with Gasteiger partial charge in [0.15, 0.2) is 0 Å². The molecule has 1 N–H and O–H groups in total. The van der Waals surface area contributed by atoms with Crippen LogP contribution in [-0.4, -0.2) is 43.1 Å². The first-order valence-corrected chi connectivity index (χ1v) is 9.67. The summed E-state index contributed by atoms with van der Waals surface area (Å²) in [6.45, 7) is 6.32. The van der Waals surface area contributed by atoms with E-state index >= 15 is 0 Å². The Morgan fingerprint density at radius 2 is 1.87 bits per heavy atom. The molecule has 0 saturated carbocycles. The molecule has 23 heavy (non-hydrogen) atoms. The number of carbonyl (C=O) groups excluding carboxylic acids is 1. The lowest BCUT2D eigenvalue weighted by molar-refractivity contribution is -0.131. The predicted octanol–water partition coefficient (Wildman–Crippen LogP) is 1.94. The fourth-order valence-electron chi connectivity index (χ4n) is 2.86. The summed E-state index contributed by atoms with van der Waals surface area (Å²) >= 11 is 0. The van der Waals surface area contributed by atoms with Crippen molar-refractivity contribution in [3.8, 4) is 0 Å². The quantitative estimate of drug-likeness (QED) is 0.862. The molecule has 2 rings (SSSR count). The SMILES string of the molecule is CC(C)(C)N1CC(NS(=O)(=O)CCCc2ccccc2)CC1=O. The largest absolute Gasteiger partial charge is 0.336 e. The van der Waals surface area contributed by atoms with Crippen LogP contribution in [-0.2, 0) is 21.2 Å². The highest BCUT2D eigenvalue weighted by Crippen LogP contribution is 2.22. The summed E-state index contributed by atoms with van der Waals surface area (Å²) in [5.74, 6) is 0.0942. The summed E-state index contributed by atoms with van der Waals surface area (Å²) in [6.07, 6.45) is 1.55. The molecule has 1 aliphatic heterocycles. The minimum atomic E-state index is -3.36. The number of sulfonamides is 1. The molecule has 0 aliphatic carbocycles. The molecule has 0 bridgehead atoms. The van der Waals surface area contributed by atoms with E-state index in [0.717, 1.165) is 12.0 Å². The molecule has 1 amide bonds. The second kappa shape index (κ2) is 7.01. The van der Waals surface area contributed by atoms with Gasteiger partial charge in [-0.25, -0.2) is 13.1 Å². The third-order valence-corrected chi connectivity index (χ3v) is 5.52. The Morgan fingerprint density at radius 3 is 2.43 bits per heavy atom. The number of likely N-dealkylation sites (tertiary alicyclic amines) is 1. The Balaban J connectivity index is 1.83. The van der Waals surface area contributed by atoms with Gasteiger partial charge in [-0.2, -0.15) is 0 Å². The topological polar surface area (TPSA) is 66.5 Å². The Kier molecular flexibility index (Phi) is 5.47. The normalized spacial score (nSPS) is 19.3. The van der Waals surface area contributed by atoms with E-state index in [2.05, 4.69) is 4.72 Å². The van der Waals surface area contributed by atoms with Crippen LogP contribution in [0.5, 0.6) is 0 Å². The minimum Gasteiger partial charge on any atom is -0.336 e. The van der Waals surface area contributed by atoms with Crippen molar-refractivity contribution in [2.75, 3.05) is 12.3 Å². The third-order valence-electron chi connectivity index (χ3n) is 4.00. The molecule has 1 aromatic rings. The van der Waals surface area contributed by atoms with Gasteiger partial charge in [0, 0.05) is 24.5 Å². The molecule has 6 heteroatoms. The maximum atomic E-state index is 12.2. The molecule has 0 radical (unpaired) electrons. The van der Waals surface area contributed by atoms with Gasteiger partial charge in [-0.15, -0.1) is 0 Å². The van der Waals surface area contributed by atoms with Crippen molar-refractivity contribution < 1.29 is 13.2 Å². The molecular weight excluding hydrogens is 312 g/mol. The second-order valence-electron chi connectivity index (χ2n) is 7.10. The van der Waals surface area contributed by atoms with Crippen LogP contribution in [0, 0.1) is 0 Å². The average Bonchev–Trinajstić information content (AvgIpc) is 2.79. The Bertz CT molecular complexity index is 636. The average molecular weight is 338 g/mol. The van der Waals surface area contributed by atoms with Gasteiger partial charge >= 0.3 is 0 Å². The van der Waals surface area contributed by atoms with Crippen molar-refractivity contribution in [1.29, 1.82) is 0 Å².